The van der Waals surface area contributed by atoms with E-state index in [-0.39, 0.29) is 5.56 Å². The van der Waals surface area contributed by atoms with E-state index in [0.29, 0.717) is 0 Å². The lowest BCUT2D eigenvalue weighted by Gasteiger charge is -2.07. The molecule has 1 atom stereocenters. The van der Waals surface area contributed by atoms with Crippen LogP contribution in [0.1, 0.15) is 11.7 Å². The van der Waals surface area contributed by atoms with Crippen LogP contribution in [0.4, 0.5) is 0 Å². The number of aliphatic hydroxyl groups excluding tert-OH is 1. The van der Waals surface area contributed by atoms with Gasteiger partial charge < -0.3 is 25.6 Å². The summed E-state index contributed by atoms with van der Waals surface area (Å²) < 4.78 is 0. The predicted octanol–water partition coefficient (Wildman–Crippen LogP) is 0.297. The van der Waals surface area contributed by atoms with Crippen molar-refractivity contribution in [3.63, 3.8) is 0 Å². The highest BCUT2D eigenvalue weighted by Crippen LogP contribution is 2.36. The van der Waals surface area contributed by atoms with Crippen molar-refractivity contribution >= 4 is 6.21 Å². The van der Waals surface area contributed by atoms with Crippen molar-refractivity contribution in [3.8, 4) is 17.2 Å². The van der Waals surface area contributed by atoms with Crippen LogP contribution in [0.15, 0.2) is 17.3 Å². The molecule has 14 heavy (non-hydrogen) atoms. The summed E-state index contributed by atoms with van der Waals surface area (Å²) in [6.45, 7) is 0. The van der Waals surface area contributed by atoms with Gasteiger partial charge in [-0.05, 0) is 17.7 Å². The minimum Gasteiger partial charge on any atom is -0.504 e. The van der Waals surface area contributed by atoms with Crippen LogP contribution in [0, 0.1) is 0 Å². The van der Waals surface area contributed by atoms with E-state index in [1.807, 2.05) is 0 Å². The molecule has 0 heterocycles. The standard InChI is InChI=1S/C8H9NO5/c10-5-1-4(7(12)3-9-14)2-6(11)8(5)13/h1-3,7,10-14H/b9-3+. The van der Waals surface area contributed by atoms with E-state index < -0.39 is 23.4 Å². The molecule has 5 N–H and O–H groups in total. The second-order valence-corrected chi connectivity index (χ2v) is 2.62. The molecule has 1 aromatic rings. The predicted molar refractivity (Wildman–Crippen MR) is 46.7 cm³/mol. The Kier molecular flexibility index (Phi) is 2.78. The van der Waals surface area contributed by atoms with Gasteiger partial charge in [0, 0.05) is 0 Å². The zero-order valence-corrected chi connectivity index (χ0v) is 6.99. The maximum atomic E-state index is 9.25. The SMILES string of the molecule is O/N=C/C(O)c1cc(O)c(O)c(O)c1. The molecule has 0 aliphatic carbocycles. The molecular formula is C8H9NO5. The van der Waals surface area contributed by atoms with Crippen LogP contribution in [-0.2, 0) is 0 Å². The Hall–Kier alpha value is -1.95. The third-order valence-electron chi connectivity index (χ3n) is 1.64. The molecule has 0 fully saturated rings. The first-order valence-electron chi connectivity index (χ1n) is 3.66. The van der Waals surface area contributed by atoms with Gasteiger partial charge in [0.15, 0.2) is 17.2 Å². The number of rotatable bonds is 2. The molecule has 1 unspecified atom stereocenters. The summed E-state index contributed by atoms with van der Waals surface area (Å²) in [4.78, 5) is 0. The Morgan fingerprint density at radius 1 is 1.14 bits per heavy atom. The minimum absolute atomic E-state index is 0.0931. The molecule has 0 radical (unpaired) electrons. The number of aromatic hydroxyl groups is 3. The second kappa shape index (κ2) is 3.84. The highest BCUT2D eigenvalue weighted by molar-refractivity contribution is 5.66. The maximum absolute atomic E-state index is 9.25. The van der Waals surface area contributed by atoms with Crippen LogP contribution >= 0.6 is 0 Å². The smallest absolute Gasteiger partial charge is 0.200 e. The van der Waals surface area contributed by atoms with E-state index in [1.165, 1.54) is 0 Å². The quantitative estimate of drug-likeness (QED) is 0.203. The number of hydrogen-bond acceptors (Lipinski definition) is 6. The van der Waals surface area contributed by atoms with Gasteiger partial charge in [0.1, 0.15) is 6.10 Å². The molecule has 0 aliphatic heterocycles. The van der Waals surface area contributed by atoms with Crippen LogP contribution in [0.25, 0.3) is 0 Å². The number of phenolic OH excluding ortho intramolecular Hbond substituents is 3. The molecule has 0 bridgehead atoms. The van der Waals surface area contributed by atoms with Crippen LogP contribution in [0.2, 0.25) is 0 Å². The fourth-order valence-electron chi connectivity index (χ4n) is 0.945. The van der Waals surface area contributed by atoms with Gasteiger partial charge in [-0.15, -0.1) is 0 Å². The highest BCUT2D eigenvalue weighted by Gasteiger charge is 2.12. The average molecular weight is 199 g/mol. The van der Waals surface area contributed by atoms with Crippen LogP contribution < -0.4 is 0 Å². The summed E-state index contributed by atoms with van der Waals surface area (Å²) in [6.07, 6.45) is -0.469. The van der Waals surface area contributed by atoms with E-state index in [9.17, 15) is 5.11 Å². The molecule has 1 aromatic carbocycles. The molecule has 0 aliphatic rings. The van der Waals surface area contributed by atoms with E-state index in [2.05, 4.69) is 5.16 Å². The molecular weight excluding hydrogens is 190 g/mol. The van der Waals surface area contributed by atoms with Crippen molar-refractivity contribution in [2.24, 2.45) is 5.16 Å². The number of benzene rings is 1. The van der Waals surface area contributed by atoms with Gasteiger partial charge in [0.05, 0.1) is 6.21 Å². The first-order valence-corrected chi connectivity index (χ1v) is 3.66. The zero-order valence-electron chi connectivity index (χ0n) is 6.99. The normalized spacial score (nSPS) is 13.2. The Balaban J connectivity index is 3.12. The van der Waals surface area contributed by atoms with Crippen molar-refractivity contribution in [3.05, 3.63) is 17.7 Å². The number of aliphatic hydroxyl groups is 1. The van der Waals surface area contributed by atoms with Gasteiger partial charge in [-0.25, -0.2) is 0 Å². The Bertz CT molecular complexity index is 340. The fraction of sp³-hybridized carbons (Fsp3) is 0.125. The summed E-state index contributed by atoms with van der Waals surface area (Å²) in [5.41, 5.74) is 0.0931. The van der Waals surface area contributed by atoms with Gasteiger partial charge in [0.25, 0.3) is 0 Å². The fourth-order valence-corrected chi connectivity index (χ4v) is 0.945. The second-order valence-electron chi connectivity index (χ2n) is 2.62. The van der Waals surface area contributed by atoms with Crippen LogP contribution in [0.3, 0.4) is 0 Å². The lowest BCUT2D eigenvalue weighted by Crippen LogP contribution is -1.98. The summed E-state index contributed by atoms with van der Waals surface area (Å²) in [6, 6.07) is 2.09. The summed E-state index contributed by atoms with van der Waals surface area (Å²) in [5, 5.41) is 47.1. The summed E-state index contributed by atoms with van der Waals surface area (Å²) in [7, 11) is 0. The van der Waals surface area contributed by atoms with Crippen molar-refractivity contribution in [1.29, 1.82) is 0 Å². The van der Waals surface area contributed by atoms with E-state index >= 15 is 0 Å². The molecule has 0 saturated carbocycles. The molecule has 1 rings (SSSR count). The molecule has 0 amide bonds. The average Bonchev–Trinajstić information content (AvgIpc) is 2.13. The van der Waals surface area contributed by atoms with Crippen molar-refractivity contribution in [2.75, 3.05) is 0 Å². The molecule has 0 saturated heterocycles. The maximum Gasteiger partial charge on any atom is 0.200 e. The van der Waals surface area contributed by atoms with Crippen molar-refractivity contribution in [2.45, 2.75) is 6.10 Å². The van der Waals surface area contributed by atoms with E-state index in [1.54, 1.807) is 0 Å². The monoisotopic (exact) mass is 199 g/mol. The van der Waals surface area contributed by atoms with Gasteiger partial charge in [0.2, 0.25) is 0 Å². The topological polar surface area (TPSA) is 114 Å². The highest BCUT2D eigenvalue weighted by atomic mass is 16.4. The Morgan fingerprint density at radius 2 is 1.64 bits per heavy atom. The third kappa shape index (κ3) is 1.86. The van der Waals surface area contributed by atoms with Gasteiger partial charge in [-0.3, -0.25) is 0 Å². The molecule has 6 nitrogen and oxygen atoms in total. The van der Waals surface area contributed by atoms with Crippen molar-refractivity contribution in [1.82, 2.24) is 0 Å². The third-order valence-corrected chi connectivity index (χ3v) is 1.64. The zero-order chi connectivity index (χ0) is 10.7. The number of nitrogens with zero attached hydrogens (tertiary/aromatic N) is 1. The first kappa shape index (κ1) is 10.1. The molecule has 6 heteroatoms. The molecule has 76 valence electrons. The molecule has 0 aromatic heterocycles. The lowest BCUT2D eigenvalue weighted by molar-refractivity contribution is 0.240. The number of oxime groups is 1. The van der Waals surface area contributed by atoms with Gasteiger partial charge >= 0.3 is 0 Å². The van der Waals surface area contributed by atoms with Crippen molar-refractivity contribution < 1.29 is 25.6 Å². The van der Waals surface area contributed by atoms with Gasteiger partial charge in [-0.1, -0.05) is 5.16 Å². The Labute approximate surface area is 79.0 Å². The van der Waals surface area contributed by atoms with Crippen LogP contribution in [-0.4, -0.2) is 31.8 Å². The first-order chi connectivity index (χ1) is 6.56. The number of hydrogen-bond donors (Lipinski definition) is 5. The van der Waals surface area contributed by atoms with E-state index in [0.717, 1.165) is 18.3 Å². The Morgan fingerprint density at radius 3 is 2.07 bits per heavy atom. The summed E-state index contributed by atoms with van der Waals surface area (Å²) in [5.74, 6) is -1.79. The van der Waals surface area contributed by atoms with Crippen LogP contribution in [0.5, 0.6) is 17.2 Å². The lowest BCUT2D eigenvalue weighted by atomic mass is 10.1. The number of phenols is 3. The van der Waals surface area contributed by atoms with E-state index in [4.69, 9.17) is 20.5 Å². The largest absolute Gasteiger partial charge is 0.504 e. The molecule has 0 spiro atoms. The minimum atomic E-state index is -1.27. The van der Waals surface area contributed by atoms with Gasteiger partial charge in [-0.2, -0.15) is 0 Å². The summed E-state index contributed by atoms with van der Waals surface area (Å²) >= 11 is 0.